The first kappa shape index (κ1) is 12.9. The van der Waals surface area contributed by atoms with Gasteiger partial charge in [0.25, 0.3) is 5.91 Å². The van der Waals surface area contributed by atoms with Crippen LogP contribution in [-0.2, 0) is 4.79 Å². The zero-order chi connectivity index (χ0) is 14.4. The Morgan fingerprint density at radius 2 is 2.15 bits per heavy atom. The second kappa shape index (κ2) is 4.47. The van der Waals surface area contributed by atoms with Crippen molar-refractivity contribution in [2.75, 3.05) is 20.1 Å². The van der Waals surface area contributed by atoms with Gasteiger partial charge in [0.15, 0.2) is 0 Å². The van der Waals surface area contributed by atoms with Crippen molar-refractivity contribution < 1.29 is 18.7 Å². The average molecular weight is 278 g/mol. The molecule has 5 nitrogen and oxygen atoms in total. The maximum atomic E-state index is 13.3. The van der Waals surface area contributed by atoms with Crippen molar-refractivity contribution in [3.8, 4) is 5.75 Å². The number of amides is 2. The van der Waals surface area contributed by atoms with Crippen LogP contribution in [0.15, 0.2) is 18.2 Å². The topological polar surface area (TPSA) is 49.9 Å². The molecule has 6 heteroatoms. The SMILES string of the molecule is CC(=O)N1C[C@@H]2Oc3cc(F)ccc3C(=O)N(C)[C@@H]2C1. The minimum Gasteiger partial charge on any atom is -0.485 e. The van der Waals surface area contributed by atoms with Gasteiger partial charge in [0.05, 0.1) is 18.2 Å². The van der Waals surface area contributed by atoms with Crippen LogP contribution in [0, 0.1) is 5.82 Å². The molecule has 0 spiro atoms. The summed E-state index contributed by atoms with van der Waals surface area (Å²) in [5.74, 6) is -0.460. The molecule has 2 aliphatic heterocycles. The molecule has 2 aliphatic rings. The Kier molecular flexibility index (Phi) is 2.88. The van der Waals surface area contributed by atoms with E-state index < -0.39 is 5.82 Å². The number of likely N-dealkylation sites (N-methyl/N-ethyl adjacent to an activating group) is 1. The molecular weight excluding hydrogens is 263 g/mol. The molecular formula is C14H15FN2O3. The summed E-state index contributed by atoms with van der Waals surface area (Å²) in [7, 11) is 1.69. The van der Waals surface area contributed by atoms with Crippen molar-refractivity contribution in [1.29, 1.82) is 0 Å². The monoisotopic (exact) mass is 278 g/mol. The van der Waals surface area contributed by atoms with Gasteiger partial charge in [0.1, 0.15) is 17.7 Å². The number of hydrogen-bond acceptors (Lipinski definition) is 3. The molecule has 2 atom stereocenters. The fourth-order valence-corrected chi connectivity index (χ4v) is 2.78. The molecule has 1 aromatic carbocycles. The highest BCUT2D eigenvalue weighted by atomic mass is 19.1. The normalized spacial score (nSPS) is 24.9. The number of carbonyl (C=O) groups is 2. The van der Waals surface area contributed by atoms with Gasteiger partial charge in [-0.15, -0.1) is 0 Å². The van der Waals surface area contributed by atoms with Crippen molar-refractivity contribution in [3.63, 3.8) is 0 Å². The van der Waals surface area contributed by atoms with E-state index in [1.54, 1.807) is 16.8 Å². The van der Waals surface area contributed by atoms with Gasteiger partial charge in [-0.05, 0) is 12.1 Å². The van der Waals surface area contributed by atoms with Crippen LogP contribution in [-0.4, -0.2) is 53.9 Å². The molecule has 1 fully saturated rings. The van der Waals surface area contributed by atoms with Crippen LogP contribution >= 0.6 is 0 Å². The summed E-state index contributed by atoms with van der Waals surface area (Å²) >= 11 is 0. The molecule has 2 heterocycles. The summed E-state index contributed by atoms with van der Waals surface area (Å²) in [6.07, 6.45) is -0.323. The fourth-order valence-electron chi connectivity index (χ4n) is 2.78. The number of hydrogen-bond donors (Lipinski definition) is 0. The van der Waals surface area contributed by atoms with Gasteiger partial charge in [0, 0.05) is 26.6 Å². The minimum atomic E-state index is -0.445. The first-order valence-electron chi connectivity index (χ1n) is 6.46. The molecule has 0 unspecified atom stereocenters. The molecule has 1 saturated heterocycles. The third kappa shape index (κ3) is 1.92. The van der Waals surface area contributed by atoms with Crippen LogP contribution in [0.5, 0.6) is 5.75 Å². The number of ether oxygens (including phenoxy) is 1. The minimum absolute atomic E-state index is 0.0537. The summed E-state index contributed by atoms with van der Waals surface area (Å²) in [4.78, 5) is 27.1. The lowest BCUT2D eigenvalue weighted by molar-refractivity contribution is -0.128. The van der Waals surface area contributed by atoms with E-state index in [9.17, 15) is 14.0 Å². The maximum Gasteiger partial charge on any atom is 0.257 e. The van der Waals surface area contributed by atoms with E-state index in [1.807, 2.05) is 0 Å². The van der Waals surface area contributed by atoms with E-state index in [0.717, 1.165) is 0 Å². The molecule has 0 N–H and O–H groups in total. The number of likely N-dealkylation sites (tertiary alicyclic amines) is 1. The fraction of sp³-hybridized carbons (Fsp3) is 0.429. The quantitative estimate of drug-likeness (QED) is 0.708. The van der Waals surface area contributed by atoms with Crippen LogP contribution in [0.1, 0.15) is 17.3 Å². The van der Waals surface area contributed by atoms with Crippen LogP contribution in [0.4, 0.5) is 4.39 Å². The van der Waals surface area contributed by atoms with Crippen molar-refractivity contribution in [1.82, 2.24) is 9.80 Å². The lowest BCUT2D eigenvalue weighted by Crippen LogP contribution is -2.44. The number of rotatable bonds is 0. The zero-order valence-electron chi connectivity index (χ0n) is 11.3. The van der Waals surface area contributed by atoms with E-state index in [4.69, 9.17) is 4.74 Å². The predicted octanol–water partition coefficient (Wildman–Crippen LogP) is 0.889. The first-order valence-corrected chi connectivity index (χ1v) is 6.46. The number of carbonyl (C=O) groups excluding carboxylic acids is 2. The summed E-state index contributed by atoms with van der Waals surface area (Å²) in [6, 6.07) is 3.70. The Morgan fingerprint density at radius 1 is 1.40 bits per heavy atom. The Morgan fingerprint density at radius 3 is 2.85 bits per heavy atom. The van der Waals surface area contributed by atoms with Gasteiger partial charge in [-0.3, -0.25) is 9.59 Å². The van der Waals surface area contributed by atoms with E-state index in [1.165, 1.54) is 25.1 Å². The smallest absolute Gasteiger partial charge is 0.257 e. The second-order valence-electron chi connectivity index (χ2n) is 5.20. The van der Waals surface area contributed by atoms with Crippen molar-refractivity contribution in [2.24, 2.45) is 0 Å². The molecule has 20 heavy (non-hydrogen) atoms. The Labute approximate surface area is 115 Å². The van der Waals surface area contributed by atoms with E-state index >= 15 is 0 Å². The van der Waals surface area contributed by atoms with Crippen LogP contribution < -0.4 is 4.74 Å². The molecule has 0 aromatic heterocycles. The van der Waals surface area contributed by atoms with Crippen molar-refractivity contribution in [2.45, 2.75) is 19.1 Å². The van der Waals surface area contributed by atoms with E-state index in [-0.39, 0.29) is 29.7 Å². The van der Waals surface area contributed by atoms with E-state index in [2.05, 4.69) is 0 Å². The summed E-state index contributed by atoms with van der Waals surface area (Å²) < 4.78 is 19.1. The summed E-state index contributed by atoms with van der Waals surface area (Å²) in [5.41, 5.74) is 0.359. The second-order valence-corrected chi connectivity index (χ2v) is 5.20. The number of benzene rings is 1. The van der Waals surface area contributed by atoms with Crippen LogP contribution in [0.25, 0.3) is 0 Å². The lowest BCUT2D eigenvalue weighted by Gasteiger charge is -2.24. The number of fused-ring (bicyclic) bond motifs is 2. The molecule has 0 aliphatic carbocycles. The lowest BCUT2D eigenvalue weighted by atomic mass is 10.1. The third-order valence-electron chi connectivity index (χ3n) is 3.95. The number of nitrogens with zero attached hydrogens (tertiary/aromatic N) is 2. The van der Waals surface area contributed by atoms with Gasteiger partial charge in [-0.2, -0.15) is 0 Å². The molecule has 106 valence electrons. The van der Waals surface area contributed by atoms with Crippen LogP contribution in [0.2, 0.25) is 0 Å². The largest absolute Gasteiger partial charge is 0.485 e. The maximum absolute atomic E-state index is 13.3. The van der Waals surface area contributed by atoms with Gasteiger partial charge < -0.3 is 14.5 Å². The van der Waals surface area contributed by atoms with Gasteiger partial charge in [0.2, 0.25) is 5.91 Å². The molecule has 1 aromatic rings. The zero-order valence-corrected chi connectivity index (χ0v) is 11.3. The highest BCUT2D eigenvalue weighted by molar-refractivity contribution is 5.97. The number of halogens is 1. The molecule has 0 saturated carbocycles. The van der Waals surface area contributed by atoms with Crippen LogP contribution in [0.3, 0.4) is 0 Å². The Bertz CT molecular complexity index is 590. The summed E-state index contributed by atoms with van der Waals surface area (Å²) in [5, 5.41) is 0. The first-order chi connectivity index (χ1) is 9.47. The van der Waals surface area contributed by atoms with Crippen molar-refractivity contribution in [3.05, 3.63) is 29.6 Å². The standard InChI is InChI=1S/C14H15FN2O3/c1-8(18)17-6-11-13(7-17)20-12-5-9(15)3-4-10(12)14(19)16(11)2/h3-5,11,13H,6-7H2,1-2H3/t11-,13+/m1/s1. The van der Waals surface area contributed by atoms with Gasteiger partial charge in [-0.25, -0.2) is 4.39 Å². The molecule has 2 amide bonds. The van der Waals surface area contributed by atoms with Gasteiger partial charge in [-0.1, -0.05) is 0 Å². The summed E-state index contributed by atoms with van der Waals surface area (Å²) in [6.45, 7) is 2.34. The van der Waals surface area contributed by atoms with E-state index in [0.29, 0.717) is 18.7 Å². The Hall–Kier alpha value is -2.11. The van der Waals surface area contributed by atoms with Crippen molar-refractivity contribution >= 4 is 11.8 Å². The molecule has 3 rings (SSSR count). The highest BCUT2D eigenvalue weighted by Gasteiger charge is 2.43. The molecule has 0 radical (unpaired) electrons. The third-order valence-corrected chi connectivity index (χ3v) is 3.95. The molecule has 0 bridgehead atoms. The Balaban J connectivity index is 1.99. The average Bonchev–Trinajstić information content (AvgIpc) is 2.78. The predicted molar refractivity (Wildman–Crippen MR) is 69.0 cm³/mol. The highest BCUT2D eigenvalue weighted by Crippen LogP contribution is 2.31. The van der Waals surface area contributed by atoms with Gasteiger partial charge >= 0.3 is 0 Å².